The highest BCUT2D eigenvalue weighted by molar-refractivity contribution is 7.98. The van der Waals surface area contributed by atoms with Crippen molar-refractivity contribution in [2.45, 2.75) is 37.2 Å². The molecule has 2 nitrogen and oxygen atoms in total. The Bertz CT molecular complexity index is 594. The maximum atomic E-state index is 9.34. The van der Waals surface area contributed by atoms with Crippen LogP contribution in [-0.2, 0) is 12.0 Å². The molecule has 3 heteroatoms. The Labute approximate surface area is 137 Å². The van der Waals surface area contributed by atoms with Gasteiger partial charge in [-0.25, -0.2) is 0 Å². The third-order valence-electron chi connectivity index (χ3n) is 3.89. The molecular weight excluding hydrogens is 292 g/mol. The quantitative estimate of drug-likeness (QED) is 0.754. The van der Waals surface area contributed by atoms with Crippen molar-refractivity contribution in [3.05, 3.63) is 59.7 Å². The number of hydrogen-bond acceptors (Lipinski definition) is 3. The predicted octanol–water partition coefficient (Wildman–Crippen LogP) is 4.65. The standard InChI is InChI=1S/C19H24O2S/c1-19(2,11-12-20)17-13-16(22-3)9-10-18(17)21-14-15-7-5-4-6-8-15/h4-10,13,20H,11-12,14H2,1-3H3. The third kappa shape index (κ3) is 4.28. The summed E-state index contributed by atoms with van der Waals surface area (Å²) in [5.74, 6) is 0.903. The molecule has 0 atom stereocenters. The predicted molar refractivity (Wildman–Crippen MR) is 93.7 cm³/mol. The molecule has 0 spiro atoms. The van der Waals surface area contributed by atoms with Crippen LogP contribution in [0.1, 0.15) is 31.4 Å². The smallest absolute Gasteiger partial charge is 0.123 e. The van der Waals surface area contributed by atoms with Crippen LogP contribution >= 0.6 is 11.8 Å². The van der Waals surface area contributed by atoms with Crippen LogP contribution in [0, 0.1) is 0 Å². The molecule has 2 rings (SSSR count). The average molecular weight is 316 g/mol. The Morgan fingerprint density at radius 3 is 2.45 bits per heavy atom. The lowest BCUT2D eigenvalue weighted by atomic mass is 9.81. The highest BCUT2D eigenvalue weighted by atomic mass is 32.2. The first-order valence-electron chi connectivity index (χ1n) is 7.53. The van der Waals surface area contributed by atoms with Gasteiger partial charge in [0, 0.05) is 17.1 Å². The minimum atomic E-state index is -0.119. The van der Waals surface area contributed by atoms with E-state index in [-0.39, 0.29) is 12.0 Å². The first kappa shape index (κ1) is 16.9. The van der Waals surface area contributed by atoms with Crippen molar-refractivity contribution in [2.75, 3.05) is 12.9 Å². The summed E-state index contributed by atoms with van der Waals surface area (Å²) in [6, 6.07) is 16.5. The van der Waals surface area contributed by atoms with E-state index in [2.05, 4.69) is 44.4 Å². The van der Waals surface area contributed by atoms with Gasteiger partial charge < -0.3 is 9.84 Å². The van der Waals surface area contributed by atoms with Gasteiger partial charge in [0.05, 0.1) is 0 Å². The molecule has 0 saturated heterocycles. The molecule has 0 aliphatic heterocycles. The number of benzene rings is 2. The SMILES string of the molecule is CSc1ccc(OCc2ccccc2)c(C(C)(C)CCO)c1. The molecule has 0 bridgehead atoms. The van der Waals surface area contributed by atoms with Crippen molar-refractivity contribution in [2.24, 2.45) is 0 Å². The Hall–Kier alpha value is -1.45. The lowest BCUT2D eigenvalue weighted by molar-refractivity contribution is 0.244. The van der Waals surface area contributed by atoms with Gasteiger partial charge in [0.15, 0.2) is 0 Å². The molecule has 0 aromatic heterocycles. The van der Waals surface area contributed by atoms with Crippen LogP contribution in [0.15, 0.2) is 53.4 Å². The molecule has 0 heterocycles. The van der Waals surface area contributed by atoms with E-state index in [9.17, 15) is 5.11 Å². The molecule has 0 amide bonds. The molecule has 0 saturated carbocycles. The summed E-state index contributed by atoms with van der Waals surface area (Å²) in [5.41, 5.74) is 2.19. The fraction of sp³-hybridized carbons (Fsp3) is 0.368. The molecule has 0 aliphatic rings. The Kier molecular flexibility index (Phi) is 5.92. The highest BCUT2D eigenvalue weighted by Gasteiger charge is 2.24. The molecular formula is C19H24O2S. The van der Waals surface area contributed by atoms with E-state index in [1.807, 2.05) is 24.3 Å². The van der Waals surface area contributed by atoms with Crippen LogP contribution in [0.5, 0.6) is 5.75 Å². The van der Waals surface area contributed by atoms with E-state index in [1.54, 1.807) is 11.8 Å². The summed E-state index contributed by atoms with van der Waals surface area (Å²) >= 11 is 1.72. The van der Waals surface area contributed by atoms with Crippen molar-refractivity contribution in [3.8, 4) is 5.75 Å². The van der Waals surface area contributed by atoms with Gasteiger partial charge in [0.1, 0.15) is 12.4 Å². The third-order valence-corrected chi connectivity index (χ3v) is 4.62. The van der Waals surface area contributed by atoms with Crippen molar-refractivity contribution >= 4 is 11.8 Å². The van der Waals surface area contributed by atoms with Crippen LogP contribution in [0.25, 0.3) is 0 Å². The summed E-state index contributed by atoms with van der Waals surface area (Å²) in [5, 5.41) is 9.34. The van der Waals surface area contributed by atoms with Crippen LogP contribution in [0.4, 0.5) is 0 Å². The minimum absolute atomic E-state index is 0.119. The second-order valence-corrected chi connectivity index (χ2v) is 6.87. The highest BCUT2D eigenvalue weighted by Crippen LogP contribution is 2.37. The Morgan fingerprint density at radius 2 is 1.82 bits per heavy atom. The van der Waals surface area contributed by atoms with Crippen LogP contribution in [0.2, 0.25) is 0 Å². The van der Waals surface area contributed by atoms with Crippen LogP contribution < -0.4 is 4.74 Å². The van der Waals surface area contributed by atoms with Crippen LogP contribution in [-0.4, -0.2) is 18.0 Å². The van der Waals surface area contributed by atoms with Crippen molar-refractivity contribution in [1.29, 1.82) is 0 Å². The van der Waals surface area contributed by atoms with Gasteiger partial charge in [-0.3, -0.25) is 0 Å². The zero-order chi connectivity index (χ0) is 16.0. The number of thioether (sulfide) groups is 1. The fourth-order valence-electron chi connectivity index (χ4n) is 2.44. The second kappa shape index (κ2) is 7.70. The van der Waals surface area contributed by atoms with Gasteiger partial charge in [-0.15, -0.1) is 11.8 Å². The zero-order valence-corrected chi connectivity index (χ0v) is 14.3. The Balaban J connectivity index is 2.26. The Morgan fingerprint density at radius 1 is 1.09 bits per heavy atom. The number of aliphatic hydroxyl groups is 1. The minimum Gasteiger partial charge on any atom is -0.489 e. The number of aliphatic hydroxyl groups excluding tert-OH is 1. The van der Waals surface area contributed by atoms with E-state index in [0.717, 1.165) is 16.9 Å². The lowest BCUT2D eigenvalue weighted by Gasteiger charge is -2.27. The van der Waals surface area contributed by atoms with E-state index >= 15 is 0 Å². The van der Waals surface area contributed by atoms with Crippen molar-refractivity contribution in [1.82, 2.24) is 0 Å². The van der Waals surface area contributed by atoms with Gasteiger partial charge in [-0.1, -0.05) is 44.2 Å². The monoisotopic (exact) mass is 316 g/mol. The molecule has 0 aliphatic carbocycles. The van der Waals surface area contributed by atoms with E-state index in [0.29, 0.717) is 13.0 Å². The summed E-state index contributed by atoms with van der Waals surface area (Å²) in [6.45, 7) is 5.03. The molecule has 2 aromatic carbocycles. The molecule has 22 heavy (non-hydrogen) atoms. The van der Waals surface area contributed by atoms with Crippen molar-refractivity contribution < 1.29 is 9.84 Å². The normalized spacial score (nSPS) is 11.5. The number of hydrogen-bond donors (Lipinski definition) is 1. The molecule has 0 unspecified atom stereocenters. The fourth-order valence-corrected chi connectivity index (χ4v) is 2.88. The van der Waals surface area contributed by atoms with E-state index < -0.39 is 0 Å². The summed E-state index contributed by atoms with van der Waals surface area (Å²) in [6.07, 6.45) is 2.79. The van der Waals surface area contributed by atoms with E-state index in [4.69, 9.17) is 4.74 Å². The lowest BCUT2D eigenvalue weighted by Crippen LogP contribution is -2.20. The first-order chi connectivity index (χ1) is 10.6. The van der Waals surface area contributed by atoms with Gasteiger partial charge in [0.2, 0.25) is 0 Å². The second-order valence-electron chi connectivity index (χ2n) is 5.99. The number of rotatable bonds is 7. The maximum Gasteiger partial charge on any atom is 0.123 e. The average Bonchev–Trinajstić information content (AvgIpc) is 2.53. The molecule has 0 radical (unpaired) electrons. The van der Waals surface area contributed by atoms with Crippen LogP contribution in [0.3, 0.4) is 0 Å². The summed E-state index contributed by atoms with van der Waals surface area (Å²) in [7, 11) is 0. The molecule has 0 fully saturated rings. The van der Waals surface area contributed by atoms with Gasteiger partial charge in [0.25, 0.3) is 0 Å². The molecule has 2 aromatic rings. The first-order valence-corrected chi connectivity index (χ1v) is 8.75. The molecule has 118 valence electrons. The van der Waals surface area contributed by atoms with Crippen molar-refractivity contribution in [3.63, 3.8) is 0 Å². The van der Waals surface area contributed by atoms with Gasteiger partial charge >= 0.3 is 0 Å². The number of ether oxygens (including phenoxy) is 1. The van der Waals surface area contributed by atoms with Gasteiger partial charge in [-0.2, -0.15) is 0 Å². The zero-order valence-electron chi connectivity index (χ0n) is 13.5. The van der Waals surface area contributed by atoms with Gasteiger partial charge in [-0.05, 0) is 41.9 Å². The molecule has 1 N–H and O–H groups in total. The van der Waals surface area contributed by atoms with E-state index in [1.165, 1.54) is 4.90 Å². The largest absolute Gasteiger partial charge is 0.489 e. The maximum absolute atomic E-state index is 9.34. The topological polar surface area (TPSA) is 29.5 Å². The summed E-state index contributed by atoms with van der Waals surface area (Å²) < 4.78 is 6.06. The summed E-state index contributed by atoms with van der Waals surface area (Å²) in [4.78, 5) is 1.22.